The topological polar surface area (TPSA) is 60.9 Å². The number of primary amides is 1. The lowest BCUT2D eigenvalue weighted by molar-refractivity contribution is -0.121. The van der Waals surface area contributed by atoms with Gasteiger partial charge in [-0.05, 0) is 11.4 Å². The lowest BCUT2D eigenvalue weighted by Crippen LogP contribution is -2.24. The van der Waals surface area contributed by atoms with E-state index in [0.717, 1.165) is 10.7 Å². The Morgan fingerprint density at radius 3 is 3.12 bits per heavy atom. The van der Waals surface area contributed by atoms with Crippen LogP contribution in [0.1, 0.15) is 6.92 Å². The molecule has 0 aliphatic rings. The van der Waals surface area contributed by atoms with E-state index >= 15 is 0 Å². The molecule has 1 amide bonds. The first kappa shape index (κ1) is 10.9. The second-order valence-corrected chi connectivity index (χ2v) is 4.63. The Morgan fingerprint density at radius 1 is 1.69 bits per heavy atom. The predicted molar refractivity (Wildman–Crippen MR) is 63.9 cm³/mol. The smallest absolute Gasteiger partial charge is 0.222 e. The summed E-state index contributed by atoms with van der Waals surface area (Å²) in [5.74, 6) is 0.418. The lowest BCUT2D eigenvalue weighted by Gasteiger charge is -2.10. The number of nitrogens with zero attached hydrogens (tertiary/aromatic N) is 2. The van der Waals surface area contributed by atoms with Crippen molar-refractivity contribution in [2.24, 2.45) is 11.7 Å². The van der Waals surface area contributed by atoms with Gasteiger partial charge in [0.05, 0.1) is 10.8 Å². The third kappa shape index (κ3) is 2.14. The van der Waals surface area contributed by atoms with E-state index in [1.165, 1.54) is 0 Å². The van der Waals surface area contributed by atoms with Crippen molar-refractivity contribution in [2.75, 3.05) is 0 Å². The van der Waals surface area contributed by atoms with Gasteiger partial charge in [-0.3, -0.25) is 4.79 Å². The van der Waals surface area contributed by atoms with Gasteiger partial charge in [0.15, 0.2) is 0 Å². The highest BCUT2D eigenvalue weighted by Crippen LogP contribution is 2.23. The van der Waals surface area contributed by atoms with E-state index in [0.29, 0.717) is 6.54 Å². The fraction of sp³-hybridized carbons (Fsp3) is 0.273. The quantitative estimate of drug-likeness (QED) is 0.877. The van der Waals surface area contributed by atoms with Gasteiger partial charge in [0.1, 0.15) is 5.82 Å². The summed E-state index contributed by atoms with van der Waals surface area (Å²) < 4.78 is 1.96. The van der Waals surface area contributed by atoms with Crippen LogP contribution in [0.2, 0.25) is 0 Å². The fourth-order valence-electron chi connectivity index (χ4n) is 1.47. The van der Waals surface area contributed by atoms with Gasteiger partial charge in [0, 0.05) is 18.9 Å². The molecule has 5 heteroatoms. The Hall–Kier alpha value is -1.62. The number of thiophene rings is 1. The summed E-state index contributed by atoms with van der Waals surface area (Å²) in [5, 5.41) is 2.01. The molecule has 0 radical (unpaired) electrons. The van der Waals surface area contributed by atoms with Gasteiger partial charge in [0.25, 0.3) is 0 Å². The van der Waals surface area contributed by atoms with Crippen molar-refractivity contribution in [3.05, 3.63) is 29.9 Å². The molecule has 1 unspecified atom stereocenters. The molecule has 2 N–H and O–H groups in total. The Bertz CT molecular complexity index is 475. The molecule has 4 nitrogen and oxygen atoms in total. The number of hydrogen-bond donors (Lipinski definition) is 1. The standard InChI is InChI=1S/C11H13N3OS/c1-8(10(12)15)7-14-5-4-13-11(14)9-3-2-6-16-9/h2-6,8H,7H2,1H3,(H2,12,15). The van der Waals surface area contributed by atoms with Gasteiger partial charge in [-0.25, -0.2) is 4.98 Å². The number of nitrogens with two attached hydrogens (primary N) is 1. The molecule has 0 bridgehead atoms. The molecule has 0 aromatic carbocycles. The van der Waals surface area contributed by atoms with Gasteiger partial charge >= 0.3 is 0 Å². The minimum atomic E-state index is -0.286. The first-order valence-electron chi connectivity index (χ1n) is 5.03. The Labute approximate surface area is 97.7 Å². The van der Waals surface area contributed by atoms with Crippen molar-refractivity contribution in [3.63, 3.8) is 0 Å². The summed E-state index contributed by atoms with van der Waals surface area (Å²) in [4.78, 5) is 16.4. The maximum atomic E-state index is 11.0. The van der Waals surface area contributed by atoms with Crippen LogP contribution in [-0.2, 0) is 11.3 Å². The van der Waals surface area contributed by atoms with Gasteiger partial charge < -0.3 is 10.3 Å². The van der Waals surface area contributed by atoms with Crippen molar-refractivity contribution in [2.45, 2.75) is 13.5 Å². The predicted octanol–water partition coefficient (Wildman–Crippen LogP) is 1.73. The van der Waals surface area contributed by atoms with Gasteiger partial charge in [-0.15, -0.1) is 11.3 Å². The number of amides is 1. The van der Waals surface area contributed by atoms with Crippen LogP contribution in [0.4, 0.5) is 0 Å². The van der Waals surface area contributed by atoms with Gasteiger partial charge in [-0.2, -0.15) is 0 Å². The average Bonchev–Trinajstić information content (AvgIpc) is 2.85. The van der Waals surface area contributed by atoms with E-state index < -0.39 is 0 Å². The number of carbonyl (C=O) groups is 1. The van der Waals surface area contributed by atoms with Crippen molar-refractivity contribution in [1.29, 1.82) is 0 Å². The normalized spacial score (nSPS) is 12.6. The number of hydrogen-bond acceptors (Lipinski definition) is 3. The molecular formula is C11H13N3OS. The van der Waals surface area contributed by atoms with Crippen molar-refractivity contribution < 1.29 is 4.79 Å². The van der Waals surface area contributed by atoms with Crippen LogP contribution in [0.5, 0.6) is 0 Å². The maximum absolute atomic E-state index is 11.0. The number of imidazole rings is 1. The van der Waals surface area contributed by atoms with Crippen LogP contribution in [0.25, 0.3) is 10.7 Å². The molecule has 0 saturated heterocycles. The molecule has 2 aromatic heterocycles. The van der Waals surface area contributed by atoms with E-state index in [2.05, 4.69) is 4.98 Å². The molecule has 2 heterocycles. The van der Waals surface area contributed by atoms with E-state index in [4.69, 9.17) is 5.73 Å². The second-order valence-electron chi connectivity index (χ2n) is 3.68. The molecule has 0 aliphatic heterocycles. The van der Waals surface area contributed by atoms with Crippen LogP contribution in [0.3, 0.4) is 0 Å². The van der Waals surface area contributed by atoms with Crippen LogP contribution in [0.15, 0.2) is 29.9 Å². The number of aromatic nitrogens is 2. The maximum Gasteiger partial charge on any atom is 0.222 e. The van der Waals surface area contributed by atoms with Gasteiger partial charge in [-0.1, -0.05) is 13.0 Å². The third-order valence-electron chi connectivity index (χ3n) is 2.41. The molecule has 0 aliphatic carbocycles. The zero-order valence-electron chi connectivity index (χ0n) is 8.96. The molecule has 0 fully saturated rings. The molecule has 16 heavy (non-hydrogen) atoms. The van der Waals surface area contributed by atoms with E-state index in [1.807, 2.05) is 35.2 Å². The van der Waals surface area contributed by atoms with Crippen LogP contribution in [0, 0.1) is 5.92 Å². The molecule has 84 valence electrons. The van der Waals surface area contributed by atoms with Crippen molar-refractivity contribution in [3.8, 4) is 10.7 Å². The van der Waals surface area contributed by atoms with Crippen molar-refractivity contribution >= 4 is 17.2 Å². The summed E-state index contributed by atoms with van der Waals surface area (Å²) in [5.41, 5.74) is 5.25. The number of rotatable bonds is 4. The molecule has 2 rings (SSSR count). The summed E-state index contributed by atoms with van der Waals surface area (Å²) in [7, 11) is 0. The Morgan fingerprint density at radius 2 is 2.50 bits per heavy atom. The monoisotopic (exact) mass is 235 g/mol. The highest BCUT2D eigenvalue weighted by Gasteiger charge is 2.13. The van der Waals surface area contributed by atoms with Crippen LogP contribution in [-0.4, -0.2) is 15.5 Å². The van der Waals surface area contributed by atoms with E-state index in [-0.39, 0.29) is 11.8 Å². The first-order chi connectivity index (χ1) is 7.68. The highest BCUT2D eigenvalue weighted by atomic mass is 32.1. The molecular weight excluding hydrogens is 222 g/mol. The summed E-state index contributed by atoms with van der Waals surface area (Å²) in [6.45, 7) is 2.39. The zero-order valence-corrected chi connectivity index (χ0v) is 9.78. The lowest BCUT2D eigenvalue weighted by atomic mass is 10.1. The van der Waals surface area contributed by atoms with E-state index in [1.54, 1.807) is 17.5 Å². The second kappa shape index (κ2) is 4.49. The Kier molecular flexibility index (Phi) is 3.05. The molecule has 0 saturated carbocycles. The SMILES string of the molecule is CC(Cn1ccnc1-c1cccs1)C(N)=O. The van der Waals surface area contributed by atoms with Gasteiger partial charge in [0.2, 0.25) is 5.91 Å². The fourth-order valence-corrected chi connectivity index (χ4v) is 2.21. The zero-order chi connectivity index (χ0) is 11.5. The largest absolute Gasteiger partial charge is 0.369 e. The minimum Gasteiger partial charge on any atom is -0.369 e. The van der Waals surface area contributed by atoms with Crippen molar-refractivity contribution in [1.82, 2.24) is 9.55 Å². The Balaban J connectivity index is 2.23. The first-order valence-corrected chi connectivity index (χ1v) is 5.91. The summed E-state index contributed by atoms with van der Waals surface area (Å²) in [6.07, 6.45) is 3.61. The van der Waals surface area contributed by atoms with Crippen LogP contribution < -0.4 is 5.73 Å². The molecule has 2 aromatic rings. The molecule has 0 spiro atoms. The van der Waals surface area contributed by atoms with E-state index in [9.17, 15) is 4.79 Å². The average molecular weight is 235 g/mol. The minimum absolute atomic E-state index is 0.187. The summed E-state index contributed by atoms with van der Waals surface area (Å²) in [6, 6.07) is 4.00. The number of carbonyl (C=O) groups excluding carboxylic acids is 1. The highest BCUT2D eigenvalue weighted by molar-refractivity contribution is 7.13. The molecule has 1 atom stereocenters. The van der Waals surface area contributed by atoms with Crippen LogP contribution >= 0.6 is 11.3 Å². The third-order valence-corrected chi connectivity index (χ3v) is 3.28. The summed E-state index contributed by atoms with van der Waals surface area (Å²) >= 11 is 1.63.